The van der Waals surface area contributed by atoms with Crippen LogP contribution in [0.5, 0.6) is 0 Å². The Morgan fingerprint density at radius 1 is 1.00 bits per heavy atom. The summed E-state index contributed by atoms with van der Waals surface area (Å²) in [5.74, 6) is -0.248. The predicted octanol–water partition coefficient (Wildman–Crippen LogP) is 3.66. The van der Waals surface area contributed by atoms with E-state index in [0.717, 1.165) is 11.1 Å². The Morgan fingerprint density at radius 2 is 1.67 bits per heavy atom. The topological polar surface area (TPSA) is 43.4 Å². The van der Waals surface area contributed by atoms with Crippen LogP contribution in [-0.2, 0) is 11.2 Å². The summed E-state index contributed by atoms with van der Waals surface area (Å²) >= 11 is 0. The first-order chi connectivity index (χ1) is 10.1. The molecule has 0 amide bonds. The highest BCUT2D eigenvalue weighted by atomic mass is 16.5. The lowest BCUT2D eigenvalue weighted by Gasteiger charge is -2.09. The van der Waals surface area contributed by atoms with Crippen LogP contribution >= 0.6 is 0 Å². The van der Waals surface area contributed by atoms with E-state index in [0.29, 0.717) is 24.2 Å². The zero-order valence-corrected chi connectivity index (χ0v) is 12.3. The number of rotatable bonds is 5. The van der Waals surface area contributed by atoms with Crippen molar-refractivity contribution in [3.63, 3.8) is 0 Å². The largest absolute Gasteiger partial charge is 0.462 e. The lowest BCUT2D eigenvalue weighted by Crippen LogP contribution is -2.08. The normalized spacial score (nSPS) is 10.2. The van der Waals surface area contributed by atoms with Crippen LogP contribution in [0.2, 0.25) is 0 Å². The number of hydrogen-bond donors (Lipinski definition) is 0. The first-order valence-corrected chi connectivity index (χ1v) is 6.96. The molecule has 0 unspecified atom stereocenters. The number of benzene rings is 2. The molecular weight excluding hydrogens is 264 g/mol. The summed E-state index contributed by atoms with van der Waals surface area (Å²) in [6, 6.07) is 14.9. The summed E-state index contributed by atoms with van der Waals surface area (Å²) in [7, 11) is 0. The Labute approximate surface area is 124 Å². The standard InChI is InChI=1S/C18H18O3/c1-3-21-18(20)17-7-5-4-6-16(17)12-14-8-10-15(11-9-14)13(2)19/h4-11H,3,12H2,1-2H3. The Bertz CT molecular complexity index is 642. The van der Waals surface area contributed by atoms with Gasteiger partial charge in [0.2, 0.25) is 0 Å². The van der Waals surface area contributed by atoms with Gasteiger partial charge >= 0.3 is 5.97 Å². The quantitative estimate of drug-likeness (QED) is 0.621. The average Bonchev–Trinajstić information content (AvgIpc) is 2.48. The Hall–Kier alpha value is -2.42. The number of carbonyl (C=O) groups excluding carboxylic acids is 2. The van der Waals surface area contributed by atoms with Crippen molar-refractivity contribution in [1.29, 1.82) is 0 Å². The van der Waals surface area contributed by atoms with Crippen LogP contribution in [0.4, 0.5) is 0 Å². The molecule has 0 N–H and O–H groups in total. The fraction of sp³-hybridized carbons (Fsp3) is 0.222. The van der Waals surface area contributed by atoms with Crippen molar-refractivity contribution in [3.05, 3.63) is 70.8 Å². The number of ketones is 1. The van der Waals surface area contributed by atoms with Crippen LogP contribution in [0.3, 0.4) is 0 Å². The molecule has 0 aliphatic heterocycles. The summed E-state index contributed by atoms with van der Waals surface area (Å²) < 4.78 is 5.07. The van der Waals surface area contributed by atoms with Gasteiger partial charge in [-0.25, -0.2) is 4.79 Å². The van der Waals surface area contributed by atoms with E-state index >= 15 is 0 Å². The smallest absolute Gasteiger partial charge is 0.338 e. The van der Waals surface area contributed by atoms with Crippen molar-refractivity contribution < 1.29 is 14.3 Å². The Kier molecular flexibility index (Phi) is 4.88. The molecule has 0 saturated heterocycles. The highest BCUT2D eigenvalue weighted by Crippen LogP contribution is 2.16. The minimum atomic E-state index is -0.298. The molecule has 108 valence electrons. The molecular formula is C18H18O3. The second-order valence-electron chi connectivity index (χ2n) is 4.81. The van der Waals surface area contributed by atoms with Gasteiger partial charge in [0, 0.05) is 5.56 Å². The molecule has 3 nitrogen and oxygen atoms in total. The molecule has 0 spiro atoms. The summed E-state index contributed by atoms with van der Waals surface area (Å²) in [5.41, 5.74) is 3.26. The highest BCUT2D eigenvalue weighted by Gasteiger charge is 2.12. The van der Waals surface area contributed by atoms with E-state index in [2.05, 4.69) is 0 Å². The first-order valence-electron chi connectivity index (χ1n) is 6.96. The van der Waals surface area contributed by atoms with Crippen LogP contribution in [0, 0.1) is 0 Å². The number of carbonyl (C=O) groups is 2. The van der Waals surface area contributed by atoms with Crippen LogP contribution < -0.4 is 0 Å². The zero-order chi connectivity index (χ0) is 15.2. The summed E-state index contributed by atoms with van der Waals surface area (Å²) in [6.07, 6.45) is 0.632. The number of esters is 1. The van der Waals surface area contributed by atoms with Crippen molar-refractivity contribution >= 4 is 11.8 Å². The van der Waals surface area contributed by atoms with Gasteiger partial charge in [-0.2, -0.15) is 0 Å². The minimum absolute atomic E-state index is 0.0495. The Balaban J connectivity index is 2.23. The van der Waals surface area contributed by atoms with Gasteiger partial charge in [0.25, 0.3) is 0 Å². The van der Waals surface area contributed by atoms with Gasteiger partial charge < -0.3 is 4.74 Å². The second-order valence-corrected chi connectivity index (χ2v) is 4.81. The maximum atomic E-state index is 11.9. The minimum Gasteiger partial charge on any atom is -0.462 e. The van der Waals surface area contributed by atoms with Crippen molar-refractivity contribution in [2.45, 2.75) is 20.3 Å². The SMILES string of the molecule is CCOC(=O)c1ccccc1Cc1ccc(C(C)=O)cc1. The van der Waals surface area contributed by atoms with Crippen molar-refractivity contribution in [3.8, 4) is 0 Å². The fourth-order valence-corrected chi connectivity index (χ4v) is 2.16. The molecule has 2 aromatic carbocycles. The molecule has 0 atom stereocenters. The van der Waals surface area contributed by atoms with Crippen molar-refractivity contribution in [1.82, 2.24) is 0 Å². The average molecular weight is 282 g/mol. The molecule has 21 heavy (non-hydrogen) atoms. The van der Waals surface area contributed by atoms with Gasteiger partial charge in [0.15, 0.2) is 5.78 Å². The van der Waals surface area contributed by atoms with Crippen LogP contribution in [0.25, 0.3) is 0 Å². The third-order valence-corrected chi connectivity index (χ3v) is 3.27. The lowest BCUT2D eigenvalue weighted by atomic mass is 9.98. The van der Waals surface area contributed by atoms with Gasteiger partial charge in [-0.3, -0.25) is 4.79 Å². The van der Waals surface area contributed by atoms with E-state index in [1.165, 1.54) is 0 Å². The summed E-state index contributed by atoms with van der Waals surface area (Å²) in [5, 5.41) is 0. The molecule has 0 aromatic heterocycles. The van der Waals surface area contributed by atoms with Gasteiger partial charge in [-0.15, -0.1) is 0 Å². The van der Waals surface area contributed by atoms with E-state index in [4.69, 9.17) is 4.74 Å². The molecule has 0 heterocycles. The predicted molar refractivity (Wildman–Crippen MR) is 81.7 cm³/mol. The van der Waals surface area contributed by atoms with Crippen LogP contribution in [0.15, 0.2) is 48.5 Å². The lowest BCUT2D eigenvalue weighted by molar-refractivity contribution is 0.0525. The molecule has 0 saturated carbocycles. The van der Waals surface area contributed by atoms with Gasteiger partial charge in [0.05, 0.1) is 12.2 Å². The molecule has 0 aliphatic rings. The van der Waals surface area contributed by atoms with Gasteiger partial charge in [0.1, 0.15) is 0 Å². The summed E-state index contributed by atoms with van der Waals surface area (Å²) in [6.45, 7) is 3.70. The van der Waals surface area contributed by atoms with E-state index in [1.54, 1.807) is 19.9 Å². The number of ether oxygens (including phenoxy) is 1. The van der Waals surface area contributed by atoms with Gasteiger partial charge in [-0.05, 0) is 37.5 Å². The second kappa shape index (κ2) is 6.84. The number of Topliss-reactive ketones (excluding diaryl/α,β-unsaturated/α-hetero) is 1. The first kappa shape index (κ1) is 15.0. The molecule has 3 heteroatoms. The maximum Gasteiger partial charge on any atom is 0.338 e. The van der Waals surface area contributed by atoms with Crippen molar-refractivity contribution in [2.24, 2.45) is 0 Å². The maximum absolute atomic E-state index is 11.9. The Morgan fingerprint density at radius 3 is 2.29 bits per heavy atom. The van der Waals surface area contributed by atoms with Gasteiger partial charge in [-0.1, -0.05) is 42.5 Å². The monoisotopic (exact) mass is 282 g/mol. The van der Waals surface area contributed by atoms with Crippen LogP contribution in [0.1, 0.15) is 45.7 Å². The third kappa shape index (κ3) is 3.78. The van der Waals surface area contributed by atoms with Crippen molar-refractivity contribution in [2.75, 3.05) is 6.61 Å². The molecule has 0 fully saturated rings. The van der Waals surface area contributed by atoms with E-state index < -0.39 is 0 Å². The molecule has 0 aliphatic carbocycles. The molecule has 0 bridgehead atoms. The zero-order valence-electron chi connectivity index (χ0n) is 12.3. The highest BCUT2D eigenvalue weighted by molar-refractivity contribution is 5.94. The number of hydrogen-bond acceptors (Lipinski definition) is 3. The molecule has 2 aromatic rings. The molecule has 0 radical (unpaired) electrons. The summed E-state index contributed by atoms with van der Waals surface area (Å²) in [4.78, 5) is 23.2. The van der Waals surface area contributed by atoms with E-state index in [9.17, 15) is 9.59 Å². The van der Waals surface area contributed by atoms with Crippen LogP contribution in [-0.4, -0.2) is 18.4 Å². The van der Waals surface area contributed by atoms with E-state index in [1.807, 2.05) is 42.5 Å². The third-order valence-electron chi connectivity index (χ3n) is 3.27. The molecule has 2 rings (SSSR count). The van der Waals surface area contributed by atoms with E-state index in [-0.39, 0.29) is 11.8 Å². The fourth-order valence-electron chi connectivity index (χ4n) is 2.16.